The summed E-state index contributed by atoms with van der Waals surface area (Å²) in [6.07, 6.45) is 4.46. The van der Waals surface area contributed by atoms with E-state index in [0.29, 0.717) is 0 Å². The van der Waals surface area contributed by atoms with Gasteiger partial charge in [-0.1, -0.05) is 19.8 Å². The second-order valence-corrected chi connectivity index (χ2v) is 4.20. The van der Waals surface area contributed by atoms with Crippen LogP contribution < -0.4 is 0 Å². The smallest absolute Gasteiger partial charge is 0.334 e. The molecule has 0 N–H and O–H groups in total. The van der Waals surface area contributed by atoms with Crippen molar-refractivity contribution in [2.75, 3.05) is 7.11 Å². The molecule has 3 atom stereocenters. The number of carbonyl (C=O) groups is 1. The van der Waals surface area contributed by atoms with Gasteiger partial charge in [0.15, 0.2) is 6.10 Å². The fourth-order valence-corrected chi connectivity index (χ4v) is 2.01. The third-order valence-corrected chi connectivity index (χ3v) is 2.82. The highest BCUT2D eigenvalue weighted by atomic mass is 16.6. The summed E-state index contributed by atoms with van der Waals surface area (Å²) >= 11 is 0. The Morgan fingerprint density at radius 1 is 1.43 bits per heavy atom. The van der Waals surface area contributed by atoms with Crippen LogP contribution in [0.5, 0.6) is 0 Å². The maximum absolute atomic E-state index is 11.1. The maximum Gasteiger partial charge on any atom is 0.334 e. The van der Waals surface area contributed by atoms with Gasteiger partial charge in [0, 0.05) is 0 Å². The minimum absolute atomic E-state index is 0.243. The highest BCUT2D eigenvalue weighted by Crippen LogP contribution is 2.26. The number of hydrogen-bond acceptors (Lipinski definition) is 3. The van der Waals surface area contributed by atoms with Gasteiger partial charge in [0.05, 0.1) is 13.2 Å². The lowest BCUT2D eigenvalue weighted by Crippen LogP contribution is -2.30. The third kappa shape index (κ3) is 3.29. The van der Waals surface area contributed by atoms with E-state index in [1.54, 1.807) is 6.92 Å². The third-order valence-electron chi connectivity index (χ3n) is 2.82. The Morgan fingerprint density at radius 2 is 2.14 bits per heavy atom. The molecular weight excluding hydrogens is 180 g/mol. The van der Waals surface area contributed by atoms with Crippen molar-refractivity contribution in [2.45, 2.75) is 51.7 Å². The van der Waals surface area contributed by atoms with Crippen LogP contribution in [0, 0.1) is 5.92 Å². The average molecular weight is 200 g/mol. The standard InChI is InChI=1S/C11H20O3/c1-8-5-4-6-10(7-8)14-9(2)11(12)13-3/h8-10H,4-7H2,1-3H3/t8?,9-,10?/m1/s1. The number of esters is 1. The van der Waals surface area contributed by atoms with Crippen molar-refractivity contribution in [1.82, 2.24) is 0 Å². The van der Waals surface area contributed by atoms with E-state index < -0.39 is 6.10 Å². The van der Waals surface area contributed by atoms with Gasteiger partial charge in [0.1, 0.15) is 0 Å². The van der Waals surface area contributed by atoms with Gasteiger partial charge in [-0.3, -0.25) is 0 Å². The van der Waals surface area contributed by atoms with E-state index in [9.17, 15) is 4.79 Å². The molecule has 0 aromatic rings. The van der Waals surface area contributed by atoms with Gasteiger partial charge in [-0.25, -0.2) is 4.79 Å². The molecule has 0 aliphatic heterocycles. The van der Waals surface area contributed by atoms with E-state index >= 15 is 0 Å². The first kappa shape index (κ1) is 11.5. The zero-order valence-corrected chi connectivity index (χ0v) is 9.29. The van der Waals surface area contributed by atoms with Gasteiger partial charge in [0.25, 0.3) is 0 Å². The van der Waals surface area contributed by atoms with E-state index in [4.69, 9.17) is 4.74 Å². The van der Waals surface area contributed by atoms with Gasteiger partial charge in [-0.05, 0) is 25.7 Å². The molecule has 1 fully saturated rings. The normalized spacial score (nSPS) is 29.6. The molecule has 2 unspecified atom stereocenters. The molecule has 1 saturated carbocycles. The van der Waals surface area contributed by atoms with Gasteiger partial charge >= 0.3 is 5.97 Å². The Kier molecular flexibility index (Phi) is 4.39. The Balaban J connectivity index is 2.32. The minimum atomic E-state index is -0.421. The van der Waals surface area contributed by atoms with Crippen molar-refractivity contribution in [3.63, 3.8) is 0 Å². The highest BCUT2D eigenvalue weighted by molar-refractivity contribution is 5.73. The summed E-state index contributed by atoms with van der Waals surface area (Å²) in [6.45, 7) is 3.99. The molecule has 0 bridgehead atoms. The number of ether oxygens (including phenoxy) is 2. The van der Waals surface area contributed by atoms with Crippen LogP contribution >= 0.6 is 0 Å². The van der Waals surface area contributed by atoms with Crippen LogP contribution in [0.1, 0.15) is 39.5 Å². The van der Waals surface area contributed by atoms with Gasteiger partial charge in [-0.2, -0.15) is 0 Å². The molecule has 0 aromatic heterocycles. The van der Waals surface area contributed by atoms with Crippen LogP contribution in [0.2, 0.25) is 0 Å². The largest absolute Gasteiger partial charge is 0.467 e. The predicted molar refractivity (Wildman–Crippen MR) is 54.0 cm³/mol. The Morgan fingerprint density at radius 3 is 2.71 bits per heavy atom. The Bertz CT molecular complexity index is 191. The molecule has 1 rings (SSSR count). The van der Waals surface area contributed by atoms with Crippen LogP contribution in [0.15, 0.2) is 0 Å². The predicted octanol–water partition coefficient (Wildman–Crippen LogP) is 2.14. The maximum atomic E-state index is 11.1. The summed E-state index contributed by atoms with van der Waals surface area (Å²) in [7, 11) is 1.39. The molecule has 1 aliphatic carbocycles. The molecule has 3 nitrogen and oxygen atoms in total. The summed E-state index contributed by atoms with van der Waals surface area (Å²) in [5.41, 5.74) is 0. The summed E-state index contributed by atoms with van der Waals surface area (Å²) in [6, 6.07) is 0. The molecule has 0 saturated heterocycles. The first-order valence-corrected chi connectivity index (χ1v) is 5.36. The summed E-state index contributed by atoms with van der Waals surface area (Å²) in [4.78, 5) is 11.1. The van der Waals surface area contributed by atoms with Crippen molar-refractivity contribution in [1.29, 1.82) is 0 Å². The van der Waals surface area contributed by atoms with E-state index in [2.05, 4.69) is 11.7 Å². The molecule has 0 heterocycles. The molecule has 0 spiro atoms. The van der Waals surface area contributed by atoms with Crippen LogP contribution in [-0.4, -0.2) is 25.3 Å². The lowest BCUT2D eigenvalue weighted by molar-refractivity contribution is -0.158. The fourth-order valence-electron chi connectivity index (χ4n) is 2.01. The summed E-state index contributed by atoms with van der Waals surface area (Å²) in [5.74, 6) is 0.446. The second-order valence-electron chi connectivity index (χ2n) is 4.20. The Labute approximate surface area is 85.8 Å². The van der Waals surface area contributed by atoms with Gasteiger partial charge in [0.2, 0.25) is 0 Å². The van der Waals surface area contributed by atoms with Crippen molar-refractivity contribution < 1.29 is 14.3 Å². The van der Waals surface area contributed by atoms with Gasteiger partial charge < -0.3 is 9.47 Å². The second kappa shape index (κ2) is 5.35. The van der Waals surface area contributed by atoms with E-state index in [1.807, 2.05) is 0 Å². The quantitative estimate of drug-likeness (QED) is 0.655. The molecule has 3 heteroatoms. The first-order chi connectivity index (χ1) is 6.63. The zero-order chi connectivity index (χ0) is 10.6. The lowest BCUT2D eigenvalue weighted by Gasteiger charge is -2.28. The minimum Gasteiger partial charge on any atom is -0.467 e. The average Bonchev–Trinajstić information content (AvgIpc) is 2.16. The Hall–Kier alpha value is -0.570. The topological polar surface area (TPSA) is 35.5 Å². The highest BCUT2D eigenvalue weighted by Gasteiger charge is 2.24. The molecule has 0 radical (unpaired) electrons. The monoisotopic (exact) mass is 200 g/mol. The molecule has 0 aromatic carbocycles. The number of methoxy groups -OCH3 is 1. The van der Waals surface area contributed by atoms with E-state index in [-0.39, 0.29) is 12.1 Å². The summed E-state index contributed by atoms with van der Waals surface area (Å²) in [5, 5.41) is 0. The van der Waals surface area contributed by atoms with E-state index in [1.165, 1.54) is 20.0 Å². The van der Waals surface area contributed by atoms with Gasteiger partial charge in [-0.15, -0.1) is 0 Å². The number of carbonyl (C=O) groups excluding carboxylic acids is 1. The van der Waals surface area contributed by atoms with E-state index in [0.717, 1.165) is 18.8 Å². The number of rotatable bonds is 3. The first-order valence-electron chi connectivity index (χ1n) is 5.36. The van der Waals surface area contributed by atoms with Crippen LogP contribution in [-0.2, 0) is 14.3 Å². The molecule has 14 heavy (non-hydrogen) atoms. The van der Waals surface area contributed by atoms with Crippen molar-refractivity contribution >= 4 is 5.97 Å². The fraction of sp³-hybridized carbons (Fsp3) is 0.909. The SMILES string of the molecule is COC(=O)[C@@H](C)OC1CCCC(C)C1. The zero-order valence-electron chi connectivity index (χ0n) is 9.29. The number of hydrogen-bond donors (Lipinski definition) is 0. The van der Waals surface area contributed by atoms with Crippen LogP contribution in [0.3, 0.4) is 0 Å². The molecule has 82 valence electrons. The van der Waals surface area contributed by atoms with Crippen molar-refractivity contribution in [3.8, 4) is 0 Å². The van der Waals surface area contributed by atoms with Crippen LogP contribution in [0.4, 0.5) is 0 Å². The van der Waals surface area contributed by atoms with Crippen LogP contribution in [0.25, 0.3) is 0 Å². The van der Waals surface area contributed by atoms with Crippen molar-refractivity contribution in [2.24, 2.45) is 5.92 Å². The van der Waals surface area contributed by atoms with Crippen molar-refractivity contribution in [3.05, 3.63) is 0 Å². The molecule has 0 amide bonds. The summed E-state index contributed by atoms with van der Waals surface area (Å²) < 4.78 is 10.3. The molecule has 1 aliphatic rings. The lowest BCUT2D eigenvalue weighted by atomic mass is 9.88. The molecular formula is C11H20O3.